The van der Waals surface area contributed by atoms with Crippen LogP contribution >= 0.6 is 27.5 Å². The number of hydrogen-bond acceptors (Lipinski definition) is 0. The molecule has 0 radical (unpaired) electrons. The van der Waals surface area contributed by atoms with Crippen molar-refractivity contribution in [2.45, 2.75) is 6.42 Å². The Morgan fingerprint density at radius 1 is 1.33 bits per heavy atom. The summed E-state index contributed by atoms with van der Waals surface area (Å²) >= 11 is 8.35. The molecule has 0 nitrogen and oxygen atoms in total. The molecule has 1 aromatic carbocycles. The van der Waals surface area contributed by atoms with Gasteiger partial charge in [0, 0.05) is 11.4 Å². The quantitative estimate of drug-likeness (QED) is 0.560. The van der Waals surface area contributed by atoms with Crippen LogP contribution in [0, 0.1) is 11.6 Å². The lowest BCUT2D eigenvalue weighted by atomic mass is 10.1. The van der Waals surface area contributed by atoms with Crippen LogP contribution in [0.15, 0.2) is 16.6 Å². The number of rotatable bonds is 2. The third-order valence-corrected chi connectivity index (χ3v) is 2.28. The van der Waals surface area contributed by atoms with Crippen LogP contribution in [0.2, 0.25) is 0 Å². The van der Waals surface area contributed by atoms with Gasteiger partial charge in [0.2, 0.25) is 0 Å². The Hall–Kier alpha value is -0.150. The zero-order valence-corrected chi connectivity index (χ0v) is 8.42. The maximum atomic E-state index is 13.1. The largest absolute Gasteiger partial charge is 0.207 e. The first-order valence-corrected chi connectivity index (χ1v) is 4.68. The maximum Gasteiger partial charge on any atom is 0.143 e. The van der Waals surface area contributed by atoms with Crippen LogP contribution in [0.5, 0.6) is 0 Å². The highest BCUT2D eigenvalue weighted by Gasteiger charge is 2.10. The molecule has 0 amide bonds. The van der Waals surface area contributed by atoms with Crippen molar-refractivity contribution in [3.05, 3.63) is 33.8 Å². The van der Waals surface area contributed by atoms with Gasteiger partial charge >= 0.3 is 0 Å². The van der Waals surface area contributed by atoms with Crippen LogP contribution in [0.25, 0.3) is 0 Å². The zero-order chi connectivity index (χ0) is 9.14. The molecule has 0 aliphatic carbocycles. The predicted molar refractivity (Wildman–Crippen MR) is 48.5 cm³/mol. The lowest BCUT2D eigenvalue weighted by Gasteiger charge is -2.03. The molecule has 0 bridgehead atoms. The fourth-order valence-corrected chi connectivity index (χ4v) is 1.45. The second-order valence-electron chi connectivity index (χ2n) is 2.26. The number of hydrogen-bond donors (Lipinski definition) is 0. The highest BCUT2D eigenvalue weighted by Crippen LogP contribution is 2.21. The van der Waals surface area contributed by atoms with Crippen molar-refractivity contribution in [1.82, 2.24) is 0 Å². The Balaban J connectivity index is 3.14. The van der Waals surface area contributed by atoms with Crippen LogP contribution in [0.4, 0.5) is 8.78 Å². The summed E-state index contributed by atoms with van der Waals surface area (Å²) in [4.78, 5) is 0. The Kier molecular flexibility index (Phi) is 3.47. The summed E-state index contributed by atoms with van der Waals surface area (Å²) in [7, 11) is 0. The summed E-state index contributed by atoms with van der Waals surface area (Å²) in [6.07, 6.45) is 0.207. The molecule has 0 fully saturated rings. The standard InChI is InChI=1S/C8H6BrClF2/c9-6-1-2-7(11)5(3-4-10)8(6)12/h1-2H,3-4H2. The third kappa shape index (κ3) is 1.96. The molecule has 0 unspecified atom stereocenters. The van der Waals surface area contributed by atoms with Crippen molar-refractivity contribution in [3.63, 3.8) is 0 Å². The van der Waals surface area contributed by atoms with E-state index in [2.05, 4.69) is 15.9 Å². The first kappa shape index (κ1) is 9.93. The molecule has 0 saturated carbocycles. The molecule has 0 atom stereocenters. The average Bonchev–Trinajstić information content (AvgIpc) is 2.06. The minimum absolute atomic E-state index is 0.0411. The molecule has 0 saturated heterocycles. The van der Waals surface area contributed by atoms with E-state index >= 15 is 0 Å². The average molecular weight is 255 g/mol. The molecule has 12 heavy (non-hydrogen) atoms. The summed E-state index contributed by atoms with van der Waals surface area (Å²) in [5, 5.41) is 0. The van der Waals surface area contributed by atoms with Gasteiger partial charge in [-0.3, -0.25) is 0 Å². The van der Waals surface area contributed by atoms with E-state index in [1.807, 2.05) is 0 Å². The molecular weight excluding hydrogens is 249 g/mol. The monoisotopic (exact) mass is 254 g/mol. The van der Waals surface area contributed by atoms with E-state index in [1.165, 1.54) is 12.1 Å². The highest BCUT2D eigenvalue weighted by atomic mass is 79.9. The van der Waals surface area contributed by atoms with Crippen molar-refractivity contribution in [1.29, 1.82) is 0 Å². The summed E-state index contributed by atoms with van der Waals surface area (Å²) in [6, 6.07) is 2.55. The second-order valence-corrected chi connectivity index (χ2v) is 3.49. The SMILES string of the molecule is Fc1ccc(Br)c(F)c1CCCl. The molecular formula is C8H6BrClF2. The van der Waals surface area contributed by atoms with E-state index < -0.39 is 11.6 Å². The van der Waals surface area contributed by atoms with Crippen molar-refractivity contribution in [2.75, 3.05) is 5.88 Å². The molecule has 0 spiro atoms. The van der Waals surface area contributed by atoms with Gasteiger partial charge in [-0.2, -0.15) is 0 Å². The van der Waals surface area contributed by atoms with Gasteiger partial charge in [-0.1, -0.05) is 0 Å². The minimum atomic E-state index is -0.560. The van der Waals surface area contributed by atoms with Crippen molar-refractivity contribution in [2.24, 2.45) is 0 Å². The van der Waals surface area contributed by atoms with E-state index in [4.69, 9.17) is 11.6 Å². The fraction of sp³-hybridized carbons (Fsp3) is 0.250. The van der Waals surface area contributed by atoms with E-state index in [9.17, 15) is 8.78 Å². The third-order valence-electron chi connectivity index (χ3n) is 1.48. The first-order valence-electron chi connectivity index (χ1n) is 3.35. The molecule has 4 heteroatoms. The normalized spacial score (nSPS) is 10.3. The smallest absolute Gasteiger partial charge is 0.143 e. The Morgan fingerprint density at radius 2 is 2.00 bits per heavy atom. The van der Waals surface area contributed by atoms with Gasteiger partial charge in [0.25, 0.3) is 0 Å². The Bertz CT molecular complexity index is 289. The lowest BCUT2D eigenvalue weighted by Crippen LogP contribution is -1.97. The molecule has 0 aliphatic rings. The lowest BCUT2D eigenvalue weighted by molar-refractivity contribution is 0.555. The summed E-state index contributed by atoms with van der Waals surface area (Å²) in [5.74, 6) is -0.892. The number of benzene rings is 1. The molecule has 66 valence electrons. The molecule has 0 heterocycles. The zero-order valence-electron chi connectivity index (χ0n) is 6.08. The Labute approximate surface area is 82.7 Å². The van der Waals surface area contributed by atoms with E-state index in [1.54, 1.807) is 0 Å². The van der Waals surface area contributed by atoms with Crippen molar-refractivity contribution < 1.29 is 8.78 Å². The van der Waals surface area contributed by atoms with Crippen molar-refractivity contribution in [3.8, 4) is 0 Å². The van der Waals surface area contributed by atoms with Gasteiger partial charge in [-0.15, -0.1) is 11.6 Å². The van der Waals surface area contributed by atoms with E-state index in [0.717, 1.165) is 0 Å². The van der Waals surface area contributed by atoms with Crippen LogP contribution in [-0.2, 0) is 6.42 Å². The van der Waals surface area contributed by atoms with Gasteiger partial charge in [0.05, 0.1) is 4.47 Å². The van der Waals surface area contributed by atoms with Gasteiger partial charge in [0.15, 0.2) is 0 Å². The molecule has 1 aromatic rings. The predicted octanol–water partition coefficient (Wildman–Crippen LogP) is 3.51. The first-order chi connectivity index (χ1) is 5.66. The van der Waals surface area contributed by atoms with Crippen LogP contribution in [0.1, 0.15) is 5.56 Å². The molecule has 0 aliphatic heterocycles. The number of halogens is 4. The van der Waals surface area contributed by atoms with Crippen molar-refractivity contribution >= 4 is 27.5 Å². The molecule has 1 rings (SSSR count). The van der Waals surface area contributed by atoms with Crippen LogP contribution < -0.4 is 0 Å². The maximum absolute atomic E-state index is 13.1. The van der Waals surface area contributed by atoms with Gasteiger partial charge in [-0.05, 0) is 34.5 Å². The molecule has 0 aromatic heterocycles. The summed E-state index contributed by atoms with van der Waals surface area (Å²) < 4.78 is 26.3. The van der Waals surface area contributed by atoms with Crippen LogP contribution in [-0.4, -0.2) is 5.88 Å². The van der Waals surface area contributed by atoms with Gasteiger partial charge < -0.3 is 0 Å². The minimum Gasteiger partial charge on any atom is -0.207 e. The van der Waals surface area contributed by atoms with Gasteiger partial charge in [-0.25, -0.2) is 8.78 Å². The topological polar surface area (TPSA) is 0 Å². The molecule has 0 N–H and O–H groups in total. The number of alkyl halides is 1. The summed E-state index contributed by atoms with van der Waals surface area (Å²) in [5.41, 5.74) is 0.0411. The highest BCUT2D eigenvalue weighted by molar-refractivity contribution is 9.10. The van der Waals surface area contributed by atoms with Crippen LogP contribution in [0.3, 0.4) is 0 Å². The van der Waals surface area contributed by atoms with E-state index in [-0.39, 0.29) is 22.3 Å². The van der Waals surface area contributed by atoms with E-state index in [0.29, 0.717) is 0 Å². The second kappa shape index (κ2) is 4.19. The fourth-order valence-electron chi connectivity index (χ4n) is 0.893. The van der Waals surface area contributed by atoms with Gasteiger partial charge in [0.1, 0.15) is 11.6 Å². The summed E-state index contributed by atoms with van der Waals surface area (Å²) in [6.45, 7) is 0. The Morgan fingerprint density at radius 3 is 2.58 bits per heavy atom.